The Bertz CT molecular complexity index is 422. The highest BCUT2D eigenvalue weighted by atomic mass is 32.2. The number of hydrogen-bond donors (Lipinski definition) is 0. The van der Waals surface area contributed by atoms with Crippen LogP contribution in [0.2, 0.25) is 0 Å². The highest BCUT2D eigenvalue weighted by Gasteiger charge is 2.30. The van der Waals surface area contributed by atoms with Crippen LogP contribution in [0.15, 0.2) is 29.2 Å². The SMILES string of the molecule is CSc1cccc(C(=O)CC(=O)C2CC2)c1. The van der Waals surface area contributed by atoms with Crippen LogP contribution >= 0.6 is 11.8 Å². The van der Waals surface area contributed by atoms with E-state index in [2.05, 4.69) is 0 Å². The molecule has 1 aromatic rings. The van der Waals surface area contributed by atoms with Gasteiger partial charge in [0.15, 0.2) is 5.78 Å². The van der Waals surface area contributed by atoms with Crippen molar-refractivity contribution in [3.8, 4) is 0 Å². The molecule has 16 heavy (non-hydrogen) atoms. The smallest absolute Gasteiger partial charge is 0.170 e. The summed E-state index contributed by atoms with van der Waals surface area (Å²) in [6.45, 7) is 0. The summed E-state index contributed by atoms with van der Waals surface area (Å²) in [4.78, 5) is 24.4. The molecular weight excluding hydrogens is 220 g/mol. The van der Waals surface area contributed by atoms with Crippen molar-refractivity contribution < 1.29 is 9.59 Å². The van der Waals surface area contributed by atoms with E-state index in [1.54, 1.807) is 17.8 Å². The summed E-state index contributed by atoms with van der Waals surface area (Å²) in [5.74, 6) is 0.236. The molecule has 0 amide bonds. The van der Waals surface area contributed by atoms with E-state index in [1.807, 2.05) is 24.5 Å². The fraction of sp³-hybridized carbons (Fsp3) is 0.385. The molecule has 0 aromatic heterocycles. The predicted molar refractivity (Wildman–Crippen MR) is 64.9 cm³/mol. The van der Waals surface area contributed by atoms with E-state index in [0.29, 0.717) is 5.56 Å². The first-order chi connectivity index (χ1) is 7.70. The number of thioether (sulfide) groups is 1. The average molecular weight is 234 g/mol. The van der Waals surface area contributed by atoms with Gasteiger partial charge < -0.3 is 0 Å². The van der Waals surface area contributed by atoms with Gasteiger partial charge in [0.1, 0.15) is 5.78 Å². The van der Waals surface area contributed by atoms with Crippen LogP contribution in [0.5, 0.6) is 0 Å². The van der Waals surface area contributed by atoms with Gasteiger partial charge in [-0.15, -0.1) is 11.8 Å². The number of hydrogen-bond acceptors (Lipinski definition) is 3. The van der Waals surface area contributed by atoms with E-state index in [9.17, 15) is 9.59 Å². The molecule has 2 rings (SSSR count). The summed E-state index contributed by atoms with van der Waals surface area (Å²) in [6.07, 6.45) is 3.98. The molecule has 3 heteroatoms. The first kappa shape index (κ1) is 11.4. The molecule has 1 fully saturated rings. The maximum atomic E-state index is 11.8. The van der Waals surface area contributed by atoms with Gasteiger partial charge in [-0.05, 0) is 31.2 Å². The van der Waals surface area contributed by atoms with Crippen molar-refractivity contribution in [3.05, 3.63) is 29.8 Å². The number of carbonyl (C=O) groups is 2. The Hall–Kier alpha value is -1.09. The second-order valence-corrected chi connectivity index (χ2v) is 4.95. The quantitative estimate of drug-likeness (QED) is 0.446. The topological polar surface area (TPSA) is 34.1 Å². The van der Waals surface area contributed by atoms with Crippen LogP contribution in [0.4, 0.5) is 0 Å². The van der Waals surface area contributed by atoms with E-state index in [0.717, 1.165) is 17.7 Å². The molecule has 0 radical (unpaired) electrons. The van der Waals surface area contributed by atoms with Gasteiger partial charge in [-0.1, -0.05) is 12.1 Å². The van der Waals surface area contributed by atoms with Crippen molar-refractivity contribution in [2.24, 2.45) is 5.92 Å². The molecule has 0 spiro atoms. The highest BCUT2D eigenvalue weighted by molar-refractivity contribution is 7.98. The lowest BCUT2D eigenvalue weighted by atomic mass is 10.0. The van der Waals surface area contributed by atoms with Crippen molar-refractivity contribution in [1.29, 1.82) is 0 Å². The lowest BCUT2D eigenvalue weighted by molar-refractivity contribution is -0.119. The van der Waals surface area contributed by atoms with Crippen molar-refractivity contribution in [2.45, 2.75) is 24.2 Å². The predicted octanol–water partition coefficient (Wildman–Crippen LogP) is 2.96. The van der Waals surface area contributed by atoms with Crippen LogP contribution in [0.3, 0.4) is 0 Å². The molecular formula is C13H14O2S. The maximum Gasteiger partial charge on any atom is 0.170 e. The number of carbonyl (C=O) groups excluding carboxylic acids is 2. The van der Waals surface area contributed by atoms with Crippen molar-refractivity contribution in [2.75, 3.05) is 6.26 Å². The third-order valence-corrected chi connectivity index (χ3v) is 3.48. The molecule has 0 saturated heterocycles. The van der Waals surface area contributed by atoms with Gasteiger partial charge in [-0.3, -0.25) is 9.59 Å². The number of ketones is 2. The third kappa shape index (κ3) is 2.73. The highest BCUT2D eigenvalue weighted by Crippen LogP contribution is 2.31. The van der Waals surface area contributed by atoms with Gasteiger partial charge in [0, 0.05) is 16.4 Å². The van der Waals surface area contributed by atoms with Crippen molar-refractivity contribution in [1.82, 2.24) is 0 Å². The summed E-state index contributed by atoms with van der Waals surface area (Å²) < 4.78 is 0. The van der Waals surface area contributed by atoms with Gasteiger partial charge in [0.05, 0.1) is 6.42 Å². The van der Waals surface area contributed by atoms with Crippen LogP contribution < -0.4 is 0 Å². The molecule has 0 aliphatic heterocycles. The maximum absolute atomic E-state index is 11.8. The second kappa shape index (κ2) is 4.83. The molecule has 2 nitrogen and oxygen atoms in total. The van der Waals surface area contributed by atoms with Gasteiger partial charge in [0.25, 0.3) is 0 Å². The molecule has 1 aliphatic carbocycles. The summed E-state index contributed by atoms with van der Waals surface area (Å²) in [7, 11) is 0. The summed E-state index contributed by atoms with van der Waals surface area (Å²) in [5.41, 5.74) is 0.654. The second-order valence-electron chi connectivity index (χ2n) is 4.07. The van der Waals surface area contributed by atoms with Crippen LogP contribution in [0.1, 0.15) is 29.6 Å². The third-order valence-electron chi connectivity index (χ3n) is 2.76. The lowest BCUT2D eigenvalue weighted by Crippen LogP contribution is -2.09. The molecule has 0 N–H and O–H groups in total. The minimum Gasteiger partial charge on any atom is -0.299 e. The van der Waals surface area contributed by atoms with Crippen molar-refractivity contribution in [3.63, 3.8) is 0 Å². The van der Waals surface area contributed by atoms with Gasteiger partial charge in [-0.25, -0.2) is 0 Å². The van der Waals surface area contributed by atoms with Crippen LogP contribution in [-0.4, -0.2) is 17.8 Å². The van der Waals surface area contributed by atoms with Gasteiger partial charge in [-0.2, -0.15) is 0 Å². The van der Waals surface area contributed by atoms with E-state index < -0.39 is 0 Å². The van der Waals surface area contributed by atoms with E-state index in [1.165, 1.54) is 0 Å². The zero-order valence-electron chi connectivity index (χ0n) is 9.23. The summed E-state index contributed by atoms with van der Waals surface area (Å²) >= 11 is 1.60. The van der Waals surface area contributed by atoms with Crippen LogP contribution in [-0.2, 0) is 4.79 Å². The molecule has 0 bridgehead atoms. The zero-order valence-corrected chi connectivity index (χ0v) is 10.0. The van der Waals surface area contributed by atoms with E-state index in [4.69, 9.17) is 0 Å². The lowest BCUT2D eigenvalue weighted by Gasteiger charge is -2.02. The summed E-state index contributed by atoms with van der Waals surface area (Å²) in [6, 6.07) is 7.46. The first-order valence-electron chi connectivity index (χ1n) is 5.40. The first-order valence-corrected chi connectivity index (χ1v) is 6.63. The molecule has 0 heterocycles. The zero-order chi connectivity index (χ0) is 11.5. The standard InChI is InChI=1S/C13H14O2S/c1-16-11-4-2-3-10(7-11)13(15)8-12(14)9-5-6-9/h2-4,7,9H,5-6,8H2,1H3. The molecule has 1 aliphatic rings. The fourth-order valence-corrected chi connectivity index (χ4v) is 2.07. The van der Waals surface area contributed by atoms with Gasteiger partial charge in [0.2, 0.25) is 0 Å². The van der Waals surface area contributed by atoms with Crippen LogP contribution in [0.25, 0.3) is 0 Å². The monoisotopic (exact) mass is 234 g/mol. The Morgan fingerprint density at radius 2 is 2.12 bits per heavy atom. The van der Waals surface area contributed by atoms with Gasteiger partial charge >= 0.3 is 0 Å². The Balaban J connectivity index is 2.04. The molecule has 84 valence electrons. The minimum absolute atomic E-state index is 0.0483. The average Bonchev–Trinajstić information content (AvgIpc) is 3.13. The Morgan fingerprint density at radius 1 is 1.38 bits per heavy atom. The molecule has 0 unspecified atom stereocenters. The molecule has 1 aromatic carbocycles. The molecule has 1 saturated carbocycles. The van der Waals surface area contributed by atoms with E-state index in [-0.39, 0.29) is 23.9 Å². The number of benzene rings is 1. The molecule has 0 atom stereocenters. The van der Waals surface area contributed by atoms with Crippen molar-refractivity contribution >= 4 is 23.3 Å². The Labute approximate surface area is 99.4 Å². The minimum atomic E-state index is -0.0483. The summed E-state index contributed by atoms with van der Waals surface area (Å²) in [5, 5.41) is 0. The fourth-order valence-electron chi connectivity index (χ4n) is 1.61. The Kier molecular flexibility index (Phi) is 3.44. The van der Waals surface area contributed by atoms with Crippen LogP contribution in [0, 0.1) is 5.92 Å². The normalized spacial score (nSPS) is 14.8. The number of rotatable bonds is 5. The number of Topliss-reactive ketones (excluding diaryl/α,β-unsaturated/α-hetero) is 2. The Morgan fingerprint density at radius 3 is 2.75 bits per heavy atom. The van der Waals surface area contributed by atoms with E-state index >= 15 is 0 Å². The largest absolute Gasteiger partial charge is 0.299 e.